The highest BCUT2D eigenvalue weighted by Gasteiger charge is 2.15. The van der Waals surface area contributed by atoms with Crippen LogP contribution in [-0.4, -0.2) is 19.7 Å². The number of benzene rings is 3. The third kappa shape index (κ3) is 2.24. The number of aromatic nitrogens is 3. The summed E-state index contributed by atoms with van der Waals surface area (Å²) in [5.74, 6) is 0.217. The van der Waals surface area contributed by atoms with Crippen LogP contribution >= 0.6 is 0 Å². The van der Waals surface area contributed by atoms with Gasteiger partial charge in [0.25, 0.3) is 0 Å². The topological polar surface area (TPSA) is 50.4 Å². The standard InChI is InChI=1S/C22H15N3O/c26-21-13-7-4-10-16(21)18-14-20-22(15-8-2-1-3-9-15)23-17-11-5-6-12-19(17)25(20)24-18/h1-14,26H. The van der Waals surface area contributed by atoms with Crippen molar-refractivity contribution in [2.45, 2.75) is 0 Å². The monoisotopic (exact) mass is 337 g/mol. The van der Waals surface area contributed by atoms with Gasteiger partial charge >= 0.3 is 0 Å². The average Bonchev–Trinajstić information content (AvgIpc) is 3.14. The predicted molar refractivity (Wildman–Crippen MR) is 103 cm³/mol. The van der Waals surface area contributed by atoms with Crippen molar-refractivity contribution in [3.8, 4) is 28.3 Å². The van der Waals surface area contributed by atoms with Crippen molar-refractivity contribution < 1.29 is 5.11 Å². The van der Waals surface area contributed by atoms with Crippen LogP contribution in [0, 0.1) is 0 Å². The molecule has 2 heterocycles. The van der Waals surface area contributed by atoms with Crippen LogP contribution in [0.5, 0.6) is 5.75 Å². The van der Waals surface area contributed by atoms with Gasteiger partial charge in [-0.1, -0.05) is 54.6 Å². The molecule has 0 aliphatic heterocycles. The minimum absolute atomic E-state index is 0.217. The van der Waals surface area contributed by atoms with Gasteiger partial charge in [-0.25, -0.2) is 9.50 Å². The molecule has 0 aliphatic carbocycles. The second-order valence-corrected chi connectivity index (χ2v) is 6.16. The van der Waals surface area contributed by atoms with Crippen molar-refractivity contribution in [3.05, 3.63) is 84.9 Å². The third-order valence-electron chi connectivity index (χ3n) is 4.52. The van der Waals surface area contributed by atoms with Gasteiger partial charge in [-0.15, -0.1) is 0 Å². The molecule has 0 saturated heterocycles. The van der Waals surface area contributed by atoms with Gasteiger partial charge in [0.05, 0.1) is 27.9 Å². The summed E-state index contributed by atoms with van der Waals surface area (Å²) in [4.78, 5) is 4.88. The Morgan fingerprint density at radius 2 is 1.46 bits per heavy atom. The van der Waals surface area contributed by atoms with Gasteiger partial charge in [-0.2, -0.15) is 5.10 Å². The molecule has 5 rings (SSSR count). The molecule has 0 bridgehead atoms. The summed E-state index contributed by atoms with van der Waals surface area (Å²) in [5, 5.41) is 15.0. The van der Waals surface area contributed by atoms with Gasteiger partial charge in [0, 0.05) is 11.1 Å². The highest BCUT2D eigenvalue weighted by Crippen LogP contribution is 2.32. The van der Waals surface area contributed by atoms with E-state index in [1.165, 1.54) is 0 Å². The summed E-state index contributed by atoms with van der Waals surface area (Å²) in [6.45, 7) is 0. The van der Waals surface area contributed by atoms with E-state index >= 15 is 0 Å². The van der Waals surface area contributed by atoms with Crippen LogP contribution < -0.4 is 0 Å². The molecule has 3 aromatic carbocycles. The van der Waals surface area contributed by atoms with Crippen molar-refractivity contribution in [2.75, 3.05) is 0 Å². The Balaban J connectivity index is 1.88. The number of para-hydroxylation sites is 3. The lowest BCUT2D eigenvalue weighted by Crippen LogP contribution is -1.96. The molecule has 0 amide bonds. The van der Waals surface area contributed by atoms with E-state index in [1.807, 2.05) is 77.3 Å². The SMILES string of the molecule is Oc1ccccc1-c1cc2c(-c3ccccc3)nc3ccccc3n2n1. The maximum atomic E-state index is 10.2. The van der Waals surface area contributed by atoms with E-state index in [0.29, 0.717) is 5.56 Å². The Morgan fingerprint density at radius 1 is 0.731 bits per heavy atom. The zero-order chi connectivity index (χ0) is 17.5. The zero-order valence-corrected chi connectivity index (χ0v) is 13.9. The second kappa shape index (κ2) is 5.70. The fourth-order valence-electron chi connectivity index (χ4n) is 3.28. The number of hydrogen-bond donors (Lipinski definition) is 1. The summed E-state index contributed by atoms with van der Waals surface area (Å²) in [6, 6.07) is 27.3. The van der Waals surface area contributed by atoms with Crippen molar-refractivity contribution in [1.29, 1.82) is 0 Å². The molecule has 26 heavy (non-hydrogen) atoms. The van der Waals surface area contributed by atoms with E-state index in [0.717, 1.165) is 33.5 Å². The van der Waals surface area contributed by atoms with Crippen LogP contribution in [0.15, 0.2) is 84.9 Å². The third-order valence-corrected chi connectivity index (χ3v) is 4.52. The van der Waals surface area contributed by atoms with Crippen LogP contribution in [0.3, 0.4) is 0 Å². The number of phenolic OH excluding ortho intramolecular Hbond substituents is 1. The largest absolute Gasteiger partial charge is 0.507 e. The summed E-state index contributed by atoms with van der Waals surface area (Å²) < 4.78 is 1.91. The van der Waals surface area contributed by atoms with Crippen molar-refractivity contribution in [3.63, 3.8) is 0 Å². The minimum atomic E-state index is 0.217. The van der Waals surface area contributed by atoms with E-state index in [2.05, 4.69) is 0 Å². The molecule has 0 saturated carbocycles. The summed E-state index contributed by atoms with van der Waals surface area (Å²) in [5.41, 5.74) is 6.06. The van der Waals surface area contributed by atoms with E-state index in [-0.39, 0.29) is 5.75 Å². The maximum Gasteiger partial charge on any atom is 0.125 e. The Hall–Kier alpha value is -3.66. The highest BCUT2D eigenvalue weighted by atomic mass is 16.3. The van der Waals surface area contributed by atoms with Crippen LogP contribution in [-0.2, 0) is 0 Å². The molecule has 2 aromatic heterocycles. The Kier molecular flexibility index (Phi) is 3.22. The molecule has 0 unspecified atom stereocenters. The maximum absolute atomic E-state index is 10.2. The average molecular weight is 337 g/mol. The highest BCUT2D eigenvalue weighted by molar-refractivity contribution is 5.89. The van der Waals surface area contributed by atoms with Crippen LogP contribution in [0.2, 0.25) is 0 Å². The van der Waals surface area contributed by atoms with Gasteiger partial charge in [0.2, 0.25) is 0 Å². The fourth-order valence-corrected chi connectivity index (χ4v) is 3.28. The van der Waals surface area contributed by atoms with Crippen LogP contribution in [0.25, 0.3) is 39.1 Å². The first-order valence-corrected chi connectivity index (χ1v) is 8.43. The van der Waals surface area contributed by atoms with E-state index < -0.39 is 0 Å². The quantitative estimate of drug-likeness (QED) is 0.497. The van der Waals surface area contributed by atoms with Crippen LogP contribution in [0.4, 0.5) is 0 Å². The fraction of sp³-hybridized carbons (Fsp3) is 0. The number of aromatic hydroxyl groups is 1. The number of rotatable bonds is 2. The van der Waals surface area contributed by atoms with Gasteiger partial charge in [-0.05, 0) is 30.3 Å². The molecule has 124 valence electrons. The molecule has 0 spiro atoms. The normalized spacial score (nSPS) is 11.2. The van der Waals surface area contributed by atoms with Gasteiger partial charge in [0.15, 0.2) is 0 Å². The first kappa shape index (κ1) is 14.7. The predicted octanol–water partition coefficient (Wildman–Crippen LogP) is 4.92. The molecule has 0 radical (unpaired) electrons. The van der Waals surface area contributed by atoms with Gasteiger partial charge in [-0.3, -0.25) is 0 Å². The lowest BCUT2D eigenvalue weighted by atomic mass is 10.1. The van der Waals surface area contributed by atoms with Crippen LogP contribution in [0.1, 0.15) is 0 Å². The Labute approximate surface area is 150 Å². The lowest BCUT2D eigenvalue weighted by Gasteiger charge is -2.07. The lowest BCUT2D eigenvalue weighted by molar-refractivity contribution is 0.477. The molecule has 5 aromatic rings. The summed E-state index contributed by atoms with van der Waals surface area (Å²) >= 11 is 0. The number of fused-ring (bicyclic) bond motifs is 3. The molecule has 1 N–H and O–H groups in total. The first-order chi connectivity index (χ1) is 12.8. The second-order valence-electron chi connectivity index (χ2n) is 6.16. The molecule has 0 atom stereocenters. The van der Waals surface area contributed by atoms with Crippen molar-refractivity contribution in [2.24, 2.45) is 0 Å². The molecule has 4 heteroatoms. The minimum Gasteiger partial charge on any atom is -0.507 e. The zero-order valence-electron chi connectivity index (χ0n) is 13.9. The van der Waals surface area contributed by atoms with Gasteiger partial charge in [0.1, 0.15) is 5.75 Å². The number of hydrogen-bond acceptors (Lipinski definition) is 3. The van der Waals surface area contributed by atoms with E-state index in [4.69, 9.17) is 10.1 Å². The Morgan fingerprint density at radius 3 is 2.31 bits per heavy atom. The molecular formula is C22H15N3O. The summed E-state index contributed by atoms with van der Waals surface area (Å²) in [6.07, 6.45) is 0. The number of phenols is 1. The van der Waals surface area contributed by atoms with E-state index in [9.17, 15) is 5.11 Å². The number of nitrogens with zero attached hydrogens (tertiary/aromatic N) is 3. The molecule has 4 nitrogen and oxygen atoms in total. The Bertz CT molecular complexity index is 1240. The first-order valence-electron chi connectivity index (χ1n) is 8.43. The molecule has 0 fully saturated rings. The van der Waals surface area contributed by atoms with Gasteiger partial charge < -0.3 is 5.11 Å². The molecular weight excluding hydrogens is 322 g/mol. The summed E-state index contributed by atoms with van der Waals surface area (Å²) in [7, 11) is 0. The van der Waals surface area contributed by atoms with Crippen molar-refractivity contribution in [1.82, 2.24) is 14.6 Å². The smallest absolute Gasteiger partial charge is 0.125 e. The molecule has 0 aliphatic rings. The van der Waals surface area contributed by atoms with E-state index in [1.54, 1.807) is 12.1 Å². The van der Waals surface area contributed by atoms with Crippen molar-refractivity contribution >= 4 is 16.6 Å².